The van der Waals surface area contributed by atoms with Crippen LogP contribution in [0.5, 0.6) is 0 Å². The second kappa shape index (κ2) is 4.75. The molecule has 1 aliphatic rings. The van der Waals surface area contributed by atoms with Crippen LogP contribution in [0.4, 0.5) is 8.78 Å². The molecule has 0 saturated carbocycles. The molecular formula is C11H12F2N2O2. The average Bonchev–Trinajstić information content (AvgIpc) is 2.80. The highest BCUT2D eigenvalue weighted by Gasteiger charge is 2.30. The first-order valence-electron chi connectivity index (χ1n) is 5.37. The van der Waals surface area contributed by atoms with Crippen LogP contribution >= 0.6 is 0 Å². The van der Waals surface area contributed by atoms with Gasteiger partial charge in [0.05, 0.1) is 18.2 Å². The minimum atomic E-state index is -1.28. The van der Waals surface area contributed by atoms with Crippen molar-refractivity contribution in [2.75, 3.05) is 13.2 Å². The zero-order valence-corrected chi connectivity index (χ0v) is 9.07. The third-order valence-corrected chi connectivity index (χ3v) is 2.93. The van der Waals surface area contributed by atoms with Crippen LogP contribution in [0.2, 0.25) is 0 Å². The molecule has 1 N–H and O–H groups in total. The number of hydrogen-bond donors (Lipinski definition) is 1. The van der Waals surface area contributed by atoms with Crippen molar-refractivity contribution in [2.45, 2.75) is 18.9 Å². The first-order valence-corrected chi connectivity index (χ1v) is 5.37. The van der Waals surface area contributed by atoms with Crippen molar-refractivity contribution in [3.63, 3.8) is 0 Å². The Morgan fingerprint density at radius 3 is 3.06 bits per heavy atom. The minimum absolute atomic E-state index is 0.166. The number of halogens is 2. The Morgan fingerprint density at radius 1 is 1.59 bits per heavy atom. The lowest BCUT2D eigenvalue weighted by Crippen LogP contribution is -2.38. The fourth-order valence-corrected chi connectivity index (χ4v) is 2.03. The van der Waals surface area contributed by atoms with E-state index in [-0.39, 0.29) is 18.2 Å². The maximum absolute atomic E-state index is 13.4. The van der Waals surface area contributed by atoms with E-state index in [0.717, 1.165) is 18.7 Å². The summed E-state index contributed by atoms with van der Waals surface area (Å²) in [6.07, 6.45) is 2.49. The van der Waals surface area contributed by atoms with Crippen molar-refractivity contribution in [3.8, 4) is 0 Å². The van der Waals surface area contributed by atoms with E-state index >= 15 is 0 Å². The van der Waals surface area contributed by atoms with Crippen LogP contribution in [-0.4, -0.2) is 40.1 Å². The van der Waals surface area contributed by atoms with Gasteiger partial charge in [0.1, 0.15) is 0 Å². The molecule has 1 saturated heterocycles. The largest absolute Gasteiger partial charge is 0.394 e. The van der Waals surface area contributed by atoms with Gasteiger partial charge in [0, 0.05) is 12.7 Å². The molecule has 0 unspecified atom stereocenters. The topological polar surface area (TPSA) is 53.4 Å². The normalized spacial score (nSPS) is 19.7. The zero-order chi connectivity index (χ0) is 12.4. The molecule has 92 valence electrons. The van der Waals surface area contributed by atoms with Crippen molar-refractivity contribution in [1.29, 1.82) is 0 Å². The molecular weight excluding hydrogens is 230 g/mol. The maximum Gasteiger partial charge on any atom is 0.257 e. The molecule has 1 fully saturated rings. The summed E-state index contributed by atoms with van der Waals surface area (Å²) in [6.45, 7) is 0.286. The van der Waals surface area contributed by atoms with Crippen LogP contribution in [0.1, 0.15) is 23.2 Å². The molecule has 17 heavy (non-hydrogen) atoms. The molecule has 1 aromatic heterocycles. The van der Waals surface area contributed by atoms with Crippen molar-refractivity contribution in [2.24, 2.45) is 0 Å². The molecule has 0 radical (unpaired) electrons. The van der Waals surface area contributed by atoms with Gasteiger partial charge in [-0.15, -0.1) is 0 Å². The number of aliphatic hydroxyl groups is 1. The maximum atomic E-state index is 13.4. The van der Waals surface area contributed by atoms with E-state index in [2.05, 4.69) is 4.98 Å². The van der Waals surface area contributed by atoms with Crippen LogP contribution in [0.15, 0.2) is 12.3 Å². The lowest BCUT2D eigenvalue weighted by Gasteiger charge is -2.23. The zero-order valence-electron chi connectivity index (χ0n) is 9.07. The second-order valence-corrected chi connectivity index (χ2v) is 3.94. The smallest absolute Gasteiger partial charge is 0.257 e. The molecule has 0 spiro atoms. The third kappa shape index (κ3) is 2.12. The van der Waals surface area contributed by atoms with Crippen LogP contribution in [0.25, 0.3) is 0 Å². The van der Waals surface area contributed by atoms with Crippen LogP contribution in [-0.2, 0) is 0 Å². The number of rotatable bonds is 2. The lowest BCUT2D eigenvalue weighted by atomic mass is 10.2. The highest BCUT2D eigenvalue weighted by Crippen LogP contribution is 2.21. The van der Waals surface area contributed by atoms with Gasteiger partial charge in [-0.3, -0.25) is 4.79 Å². The number of amides is 1. The number of carbonyl (C=O) groups is 1. The molecule has 0 aromatic carbocycles. The Bertz CT molecular complexity index is 439. The van der Waals surface area contributed by atoms with E-state index in [1.54, 1.807) is 0 Å². The van der Waals surface area contributed by atoms with Gasteiger partial charge in [-0.05, 0) is 18.9 Å². The molecule has 1 amide bonds. The molecule has 6 heteroatoms. The summed E-state index contributed by atoms with van der Waals surface area (Å²) < 4.78 is 26.3. The van der Waals surface area contributed by atoms with E-state index in [4.69, 9.17) is 5.11 Å². The van der Waals surface area contributed by atoms with Crippen LogP contribution < -0.4 is 0 Å². The monoisotopic (exact) mass is 242 g/mol. The number of hydrogen-bond acceptors (Lipinski definition) is 3. The number of pyridine rings is 1. The Hall–Kier alpha value is -1.56. The Morgan fingerprint density at radius 2 is 2.35 bits per heavy atom. The van der Waals surface area contributed by atoms with E-state index in [1.165, 1.54) is 4.90 Å². The van der Waals surface area contributed by atoms with E-state index < -0.39 is 17.7 Å². The molecule has 1 aromatic rings. The van der Waals surface area contributed by atoms with Gasteiger partial charge < -0.3 is 10.0 Å². The number of carbonyl (C=O) groups excluding carboxylic acids is 1. The van der Waals surface area contributed by atoms with Crippen molar-refractivity contribution < 1.29 is 18.7 Å². The molecule has 2 heterocycles. The average molecular weight is 242 g/mol. The Balaban J connectivity index is 2.28. The molecule has 0 aliphatic carbocycles. The first-order chi connectivity index (χ1) is 8.15. The number of nitrogens with zero attached hydrogens (tertiary/aromatic N) is 2. The Labute approximate surface area is 96.9 Å². The fourth-order valence-electron chi connectivity index (χ4n) is 2.03. The third-order valence-electron chi connectivity index (χ3n) is 2.93. The summed E-state index contributed by atoms with van der Waals surface area (Å²) in [4.78, 5) is 16.5. The fraction of sp³-hybridized carbons (Fsp3) is 0.455. The molecule has 4 nitrogen and oxygen atoms in total. The van der Waals surface area contributed by atoms with Gasteiger partial charge in [-0.2, -0.15) is 4.39 Å². The summed E-state index contributed by atoms with van der Waals surface area (Å²) in [5.41, 5.74) is -0.335. The summed E-state index contributed by atoms with van der Waals surface area (Å²) >= 11 is 0. The predicted octanol–water partition coefficient (Wildman–Crippen LogP) is 0.957. The van der Waals surface area contributed by atoms with Crippen molar-refractivity contribution in [3.05, 3.63) is 29.6 Å². The van der Waals surface area contributed by atoms with Crippen LogP contribution in [0, 0.1) is 11.8 Å². The van der Waals surface area contributed by atoms with Gasteiger partial charge in [-0.25, -0.2) is 9.37 Å². The van der Waals surface area contributed by atoms with E-state index in [9.17, 15) is 13.6 Å². The predicted molar refractivity (Wildman–Crippen MR) is 55.3 cm³/mol. The minimum Gasteiger partial charge on any atom is -0.394 e. The summed E-state index contributed by atoms with van der Waals surface area (Å²) in [6, 6.07) is 0.839. The van der Waals surface area contributed by atoms with E-state index in [0.29, 0.717) is 13.0 Å². The van der Waals surface area contributed by atoms with Gasteiger partial charge >= 0.3 is 0 Å². The Kier molecular flexibility index (Phi) is 3.33. The molecule has 2 rings (SSSR count). The van der Waals surface area contributed by atoms with Gasteiger partial charge in [0.2, 0.25) is 5.95 Å². The quantitative estimate of drug-likeness (QED) is 0.786. The highest BCUT2D eigenvalue weighted by molar-refractivity contribution is 5.94. The summed E-state index contributed by atoms with van der Waals surface area (Å²) in [5, 5.41) is 9.08. The van der Waals surface area contributed by atoms with Gasteiger partial charge in [0.25, 0.3) is 5.91 Å². The molecule has 1 atom stereocenters. The number of aliphatic hydroxyl groups excluding tert-OH is 1. The standard InChI is InChI=1S/C11H12F2N2O2/c12-9-8(3-4-14-10(9)13)11(17)15-5-1-2-7(15)6-16/h3-4,7,16H,1-2,5-6H2/t7-/m1/s1. The first kappa shape index (κ1) is 11.9. The van der Waals surface area contributed by atoms with Gasteiger partial charge in [-0.1, -0.05) is 0 Å². The number of likely N-dealkylation sites (tertiary alicyclic amines) is 1. The second-order valence-electron chi connectivity index (χ2n) is 3.94. The molecule has 0 bridgehead atoms. The molecule has 1 aliphatic heterocycles. The summed E-state index contributed by atoms with van der Waals surface area (Å²) in [5.74, 6) is -3.11. The van der Waals surface area contributed by atoms with Gasteiger partial charge in [0.15, 0.2) is 5.82 Å². The van der Waals surface area contributed by atoms with Crippen molar-refractivity contribution in [1.82, 2.24) is 9.88 Å². The highest BCUT2D eigenvalue weighted by atomic mass is 19.2. The number of aromatic nitrogens is 1. The van der Waals surface area contributed by atoms with Crippen molar-refractivity contribution >= 4 is 5.91 Å². The lowest BCUT2D eigenvalue weighted by molar-refractivity contribution is 0.0671. The SMILES string of the molecule is O=C(c1ccnc(F)c1F)N1CCC[C@@H]1CO. The van der Waals surface area contributed by atoms with Crippen LogP contribution in [0.3, 0.4) is 0 Å². The summed E-state index contributed by atoms with van der Waals surface area (Å²) in [7, 11) is 0. The van der Waals surface area contributed by atoms with E-state index in [1.807, 2.05) is 0 Å².